The molecule has 0 unspecified atom stereocenters. The van der Waals surface area contributed by atoms with Crippen LogP contribution in [0.25, 0.3) is 28.4 Å². The molecular weight excluding hydrogens is 720 g/mol. The Labute approximate surface area is 304 Å². The molecule has 2 aliphatic rings. The van der Waals surface area contributed by atoms with Crippen LogP contribution < -0.4 is 10.2 Å². The highest BCUT2D eigenvalue weighted by Crippen LogP contribution is 2.40. The first-order valence-corrected chi connectivity index (χ1v) is 16.3. The first-order chi connectivity index (χ1) is 25.6. The fourth-order valence-corrected chi connectivity index (χ4v) is 5.89. The molecule has 1 aromatic heterocycles. The molecule has 10 atom stereocenters. The number of aliphatic hydroxyl groups is 5. The van der Waals surface area contributed by atoms with Crippen LogP contribution in [-0.4, -0.2) is 125 Å². The summed E-state index contributed by atoms with van der Waals surface area (Å²) in [6.45, 7) is 0.719. The second-order valence-electron chi connectivity index (χ2n) is 12.6. The second-order valence-corrected chi connectivity index (χ2v) is 12.6. The van der Waals surface area contributed by atoms with Crippen molar-refractivity contribution in [1.29, 1.82) is 0 Å². The summed E-state index contributed by atoms with van der Waals surface area (Å²) in [5.41, 5.74) is -1.01. The summed E-state index contributed by atoms with van der Waals surface area (Å²) < 4.78 is 34.0. The summed E-state index contributed by atoms with van der Waals surface area (Å²) in [5.74, 6) is -4.67. The number of hydrogen-bond donors (Lipinski definition) is 10. The van der Waals surface area contributed by atoms with Crippen LogP contribution in [0, 0.1) is 0 Å². The molecule has 0 bridgehead atoms. The molecule has 0 radical (unpaired) electrons. The van der Waals surface area contributed by atoms with Crippen molar-refractivity contribution in [3.63, 3.8) is 0 Å². The van der Waals surface area contributed by atoms with Crippen LogP contribution in [-0.2, 0) is 23.7 Å². The molecule has 18 nitrogen and oxygen atoms in total. The van der Waals surface area contributed by atoms with E-state index < -0.39 is 119 Å². The van der Waals surface area contributed by atoms with E-state index in [4.69, 9.17) is 28.1 Å². The normalized spacial score (nSPS) is 28.6. The van der Waals surface area contributed by atoms with Gasteiger partial charge in [-0.15, -0.1) is 0 Å². The average Bonchev–Trinajstić information content (AvgIpc) is 3.13. The van der Waals surface area contributed by atoms with E-state index in [1.807, 2.05) is 0 Å². The lowest BCUT2D eigenvalue weighted by molar-refractivity contribution is -0.319. The second kappa shape index (κ2) is 15.5. The zero-order valence-electron chi connectivity index (χ0n) is 28.1. The highest BCUT2D eigenvalue weighted by Gasteiger charge is 2.50. The van der Waals surface area contributed by atoms with Crippen LogP contribution in [0.4, 0.5) is 0 Å². The SMILES string of the molecule is C[C@@H]1O[C@@H](OC[C@H]2O[C@@H](Oc3c(-c4ccc(O)c(O)c4)oc4cc(O)cc(O)c4c3=O)[C@H](O)[C@@H](OC(=O)C=Cc3ccc(O)cc3)[C@H]2O)[C@H](O)[C@H](O)[C@H]1O. The molecule has 3 heterocycles. The lowest BCUT2D eigenvalue weighted by Gasteiger charge is -2.43. The lowest BCUT2D eigenvalue weighted by atomic mass is 9.98. The van der Waals surface area contributed by atoms with Gasteiger partial charge in [0.15, 0.2) is 35.8 Å². The molecule has 288 valence electrons. The molecule has 0 saturated carbocycles. The number of rotatable bonds is 9. The molecule has 2 aliphatic heterocycles. The predicted octanol–water partition coefficient (Wildman–Crippen LogP) is 0.283. The zero-order chi connectivity index (χ0) is 39.0. The van der Waals surface area contributed by atoms with E-state index in [1.165, 1.54) is 43.3 Å². The number of hydrogen-bond acceptors (Lipinski definition) is 18. The van der Waals surface area contributed by atoms with Crippen molar-refractivity contribution in [1.82, 2.24) is 0 Å². The molecule has 3 aromatic carbocycles. The van der Waals surface area contributed by atoms with Gasteiger partial charge in [-0.25, -0.2) is 4.79 Å². The topological polar surface area (TPSA) is 296 Å². The average molecular weight is 757 g/mol. The van der Waals surface area contributed by atoms with Gasteiger partial charge in [-0.3, -0.25) is 4.79 Å². The molecule has 0 aliphatic carbocycles. The van der Waals surface area contributed by atoms with E-state index in [0.717, 1.165) is 30.3 Å². The maximum Gasteiger partial charge on any atom is 0.331 e. The number of aliphatic hydroxyl groups excluding tert-OH is 5. The van der Waals surface area contributed by atoms with Crippen molar-refractivity contribution in [3.05, 3.63) is 76.5 Å². The van der Waals surface area contributed by atoms with Crippen molar-refractivity contribution in [2.24, 2.45) is 0 Å². The summed E-state index contributed by atoms with van der Waals surface area (Å²) in [5, 5.41) is 103. The Hall–Kier alpha value is -5.44. The highest BCUT2D eigenvalue weighted by atomic mass is 16.7. The number of carbonyl (C=O) groups is 1. The molecule has 0 spiro atoms. The number of phenolic OH excluding ortho intramolecular Hbond substituents is 5. The van der Waals surface area contributed by atoms with Crippen LogP contribution >= 0.6 is 0 Å². The van der Waals surface area contributed by atoms with Gasteiger partial charge in [-0.05, 0) is 48.9 Å². The van der Waals surface area contributed by atoms with Gasteiger partial charge in [0.1, 0.15) is 58.7 Å². The molecule has 6 rings (SSSR count). The van der Waals surface area contributed by atoms with Crippen LogP contribution in [0.5, 0.6) is 34.5 Å². The molecule has 2 saturated heterocycles. The fraction of sp³-hybridized carbons (Fsp3) is 0.333. The highest BCUT2D eigenvalue weighted by molar-refractivity contribution is 5.89. The number of carbonyl (C=O) groups excluding carboxylic acids is 1. The van der Waals surface area contributed by atoms with Gasteiger partial charge in [-0.1, -0.05) is 12.1 Å². The van der Waals surface area contributed by atoms with Crippen LogP contribution in [0.1, 0.15) is 12.5 Å². The first kappa shape index (κ1) is 38.3. The Morgan fingerprint density at radius 1 is 0.759 bits per heavy atom. The third-order valence-electron chi connectivity index (χ3n) is 8.82. The maximum absolute atomic E-state index is 13.9. The van der Waals surface area contributed by atoms with Crippen LogP contribution in [0.3, 0.4) is 0 Å². The van der Waals surface area contributed by atoms with Gasteiger partial charge in [0, 0.05) is 23.8 Å². The molecule has 2 fully saturated rings. The summed E-state index contributed by atoms with van der Waals surface area (Å²) in [7, 11) is 0. The van der Waals surface area contributed by atoms with Crippen molar-refractivity contribution in [2.45, 2.75) is 68.3 Å². The Bertz CT molecular complexity index is 2080. The van der Waals surface area contributed by atoms with Gasteiger partial charge >= 0.3 is 5.97 Å². The standard InChI is InChI=1S/C36H36O18/c1-14-26(43)29(46)30(47)35(50-14)49-13-23-27(44)33(53-24(42)9-4-15-2-6-17(37)7-3-15)31(48)36(52-23)54-34-28(45)25-21(41)11-18(38)12-22(25)51-32(34)16-5-8-19(39)20(40)10-16/h2-12,14,23,26-27,29-31,33,35-41,43-44,46-48H,13H2,1H3/t14-,23+,26-,27-,29+,30+,31+,33-,35+,36-/m0/s1. The third kappa shape index (κ3) is 7.77. The number of aromatic hydroxyl groups is 5. The maximum atomic E-state index is 13.9. The fourth-order valence-electron chi connectivity index (χ4n) is 5.89. The van der Waals surface area contributed by atoms with Crippen molar-refractivity contribution in [3.8, 4) is 45.8 Å². The van der Waals surface area contributed by atoms with Crippen LogP contribution in [0.2, 0.25) is 0 Å². The van der Waals surface area contributed by atoms with Gasteiger partial charge in [0.2, 0.25) is 17.5 Å². The summed E-state index contributed by atoms with van der Waals surface area (Å²) in [6, 6.07) is 10.9. The minimum absolute atomic E-state index is 0.0204. The van der Waals surface area contributed by atoms with Crippen LogP contribution in [0.15, 0.2) is 69.9 Å². The first-order valence-electron chi connectivity index (χ1n) is 16.3. The largest absolute Gasteiger partial charge is 0.508 e. The predicted molar refractivity (Wildman–Crippen MR) is 181 cm³/mol. The smallest absolute Gasteiger partial charge is 0.331 e. The zero-order valence-corrected chi connectivity index (χ0v) is 28.1. The van der Waals surface area contributed by atoms with E-state index in [-0.39, 0.29) is 16.9 Å². The summed E-state index contributed by atoms with van der Waals surface area (Å²) in [4.78, 5) is 26.9. The number of esters is 1. The Kier molecular flexibility index (Phi) is 11.0. The molecule has 10 N–H and O–H groups in total. The monoisotopic (exact) mass is 756 g/mol. The van der Waals surface area contributed by atoms with Gasteiger partial charge < -0.3 is 79.2 Å². The van der Waals surface area contributed by atoms with Crippen molar-refractivity contribution in [2.75, 3.05) is 6.61 Å². The number of benzene rings is 3. The molecule has 54 heavy (non-hydrogen) atoms. The number of phenols is 5. The Morgan fingerprint density at radius 3 is 2.19 bits per heavy atom. The van der Waals surface area contributed by atoms with Gasteiger partial charge in [0.05, 0.1) is 12.7 Å². The summed E-state index contributed by atoms with van der Waals surface area (Å²) >= 11 is 0. The Morgan fingerprint density at radius 2 is 1.48 bits per heavy atom. The number of ether oxygens (including phenoxy) is 5. The van der Waals surface area contributed by atoms with E-state index in [2.05, 4.69) is 0 Å². The van der Waals surface area contributed by atoms with E-state index in [1.54, 1.807) is 0 Å². The minimum Gasteiger partial charge on any atom is -0.508 e. The van der Waals surface area contributed by atoms with E-state index in [0.29, 0.717) is 5.56 Å². The van der Waals surface area contributed by atoms with Gasteiger partial charge in [0.25, 0.3) is 0 Å². The molecule has 4 aromatic rings. The lowest BCUT2D eigenvalue weighted by Crippen LogP contribution is -2.62. The van der Waals surface area contributed by atoms with Crippen molar-refractivity contribution >= 4 is 23.0 Å². The molecule has 18 heteroatoms. The quantitative estimate of drug-likeness (QED) is 0.0623. The number of fused-ring (bicyclic) bond motifs is 1. The molecular formula is C36H36O18. The van der Waals surface area contributed by atoms with Gasteiger partial charge in [-0.2, -0.15) is 0 Å². The third-order valence-corrected chi connectivity index (χ3v) is 8.82. The minimum atomic E-state index is -2.07. The molecule has 0 amide bonds. The van der Waals surface area contributed by atoms with Crippen molar-refractivity contribution < 1.29 is 84.0 Å². The summed E-state index contributed by atoms with van der Waals surface area (Å²) in [6.07, 6.45) is -14.6. The van der Waals surface area contributed by atoms with E-state index in [9.17, 15) is 60.7 Å². The Balaban J connectivity index is 1.36. The van der Waals surface area contributed by atoms with E-state index >= 15 is 0 Å².